The van der Waals surface area contributed by atoms with Crippen molar-refractivity contribution < 1.29 is 33.5 Å². The molecule has 0 saturated heterocycles. The molecule has 12 nitrogen and oxygen atoms in total. The van der Waals surface area contributed by atoms with Gasteiger partial charge in [-0.2, -0.15) is 0 Å². The molecule has 0 unspecified atom stereocenters. The van der Waals surface area contributed by atoms with Crippen LogP contribution in [0.5, 0.6) is 11.5 Å². The number of halogens is 1. The van der Waals surface area contributed by atoms with Crippen molar-refractivity contribution in [2.24, 2.45) is 0 Å². The molecule has 0 atom stereocenters. The number of nitro groups is 1. The van der Waals surface area contributed by atoms with E-state index in [2.05, 4.69) is 5.16 Å². The van der Waals surface area contributed by atoms with E-state index in [9.17, 15) is 26.9 Å². The SMILES string of the molecule is Cc1ccc(S(=O)(=O)OI(c2ccc(Oc3cc([N+](=O)[O-])ccc3N(C)S(C)(=O)=O)cc2)c2c(C)noc2C)cc1. The van der Waals surface area contributed by atoms with E-state index in [1.54, 1.807) is 50.2 Å². The van der Waals surface area contributed by atoms with Crippen LogP contribution in [0.25, 0.3) is 0 Å². The zero-order chi connectivity index (χ0) is 30.1. The van der Waals surface area contributed by atoms with Gasteiger partial charge in [-0.05, 0) is 0 Å². The van der Waals surface area contributed by atoms with E-state index in [-0.39, 0.29) is 27.8 Å². The molecule has 1 aromatic heterocycles. The summed E-state index contributed by atoms with van der Waals surface area (Å²) in [6.45, 7) is 5.23. The van der Waals surface area contributed by atoms with Gasteiger partial charge in [-0.3, -0.25) is 0 Å². The van der Waals surface area contributed by atoms with Gasteiger partial charge in [0, 0.05) is 0 Å². The quantitative estimate of drug-likeness (QED) is 0.116. The number of ether oxygens (including phenoxy) is 1. The van der Waals surface area contributed by atoms with E-state index in [0.717, 1.165) is 22.2 Å². The van der Waals surface area contributed by atoms with E-state index in [1.165, 1.54) is 31.3 Å². The Morgan fingerprint density at radius 2 is 1.59 bits per heavy atom. The van der Waals surface area contributed by atoms with Gasteiger partial charge in [0.15, 0.2) is 0 Å². The molecular weight excluding hydrogens is 689 g/mol. The van der Waals surface area contributed by atoms with E-state index in [0.29, 0.717) is 18.6 Å². The summed E-state index contributed by atoms with van der Waals surface area (Å²) in [7, 11) is -6.53. The average Bonchev–Trinajstić information content (AvgIpc) is 3.24. The second kappa shape index (κ2) is 11.8. The topological polar surface area (TPSA) is 159 Å². The molecular formula is C26H26IN3O9S2. The van der Waals surface area contributed by atoms with Gasteiger partial charge >= 0.3 is 246 Å². The molecule has 0 fully saturated rings. The molecule has 0 N–H and O–H groups in total. The monoisotopic (exact) mass is 715 g/mol. The molecule has 0 aliphatic rings. The van der Waals surface area contributed by atoms with Crippen molar-refractivity contribution in [1.82, 2.24) is 5.16 Å². The summed E-state index contributed by atoms with van der Waals surface area (Å²) in [6.07, 6.45) is 0.998. The van der Waals surface area contributed by atoms with Crippen LogP contribution in [0, 0.1) is 38.0 Å². The number of hydrogen-bond donors (Lipinski definition) is 0. The van der Waals surface area contributed by atoms with Crippen LogP contribution >= 0.6 is 20.2 Å². The zero-order valence-corrected chi connectivity index (χ0v) is 26.4. The molecule has 4 rings (SSSR count). The van der Waals surface area contributed by atoms with E-state index < -0.39 is 45.3 Å². The number of benzene rings is 3. The molecule has 0 bridgehead atoms. The third kappa shape index (κ3) is 6.86. The maximum absolute atomic E-state index is 13.3. The van der Waals surface area contributed by atoms with Crippen LogP contribution < -0.4 is 9.04 Å². The number of nitro benzene ring substituents is 1. The maximum atomic E-state index is 13.3. The van der Waals surface area contributed by atoms with E-state index in [1.807, 2.05) is 6.92 Å². The fourth-order valence-electron chi connectivity index (χ4n) is 3.60. The standard InChI is InChI=1S/C26H26IN3O9S2/c1-17-6-13-23(14-7-17)41(35,36)39-27(26-18(2)28-38-19(26)3)20-8-11-22(12-9-20)37-25-16-21(30(31)32)10-15-24(25)29(4)40(5,33)34/h6-16H,1-5H3. The van der Waals surface area contributed by atoms with Gasteiger partial charge in [0.2, 0.25) is 0 Å². The zero-order valence-electron chi connectivity index (χ0n) is 22.6. The minimum absolute atomic E-state index is 0.0188. The Morgan fingerprint density at radius 1 is 0.951 bits per heavy atom. The van der Waals surface area contributed by atoms with Crippen LogP contribution in [0.15, 0.2) is 76.1 Å². The van der Waals surface area contributed by atoms with Crippen molar-refractivity contribution in [2.75, 3.05) is 17.6 Å². The van der Waals surface area contributed by atoms with Crippen LogP contribution in [-0.2, 0) is 22.7 Å². The van der Waals surface area contributed by atoms with E-state index >= 15 is 0 Å². The second-order valence-corrected chi connectivity index (χ2v) is 17.3. The van der Waals surface area contributed by atoms with Gasteiger partial charge < -0.3 is 0 Å². The van der Waals surface area contributed by atoms with Gasteiger partial charge in [-0.15, -0.1) is 0 Å². The predicted molar refractivity (Wildman–Crippen MR) is 160 cm³/mol. The number of anilines is 1. The molecule has 0 radical (unpaired) electrons. The number of non-ortho nitro benzene ring substituents is 1. The van der Waals surface area contributed by atoms with Crippen molar-refractivity contribution in [3.8, 4) is 11.5 Å². The molecule has 3 aromatic carbocycles. The Morgan fingerprint density at radius 3 is 2.12 bits per heavy atom. The summed E-state index contributed by atoms with van der Waals surface area (Å²) in [5, 5.41) is 15.3. The second-order valence-electron chi connectivity index (χ2n) is 8.91. The number of aromatic nitrogens is 1. The first-order chi connectivity index (χ1) is 19.2. The molecule has 0 saturated carbocycles. The summed E-state index contributed by atoms with van der Waals surface area (Å²) in [5.41, 5.74) is 1.22. The van der Waals surface area contributed by atoms with Crippen molar-refractivity contribution in [3.63, 3.8) is 0 Å². The summed E-state index contributed by atoms with van der Waals surface area (Å²) in [5.74, 6) is 0.615. The number of sulfonamides is 1. The normalized spacial score (nSPS) is 12.2. The first-order valence-corrected chi connectivity index (χ1v) is 18.1. The first-order valence-electron chi connectivity index (χ1n) is 11.8. The molecule has 218 valence electrons. The number of hydrogen-bond acceptors (Lipinski definition) is 10. The minimum atomic E-state index is -4.14. The Balaban J connectivity index is 1.72. The Hall–Kier alpha value is -3.54. The van der Waals surface area contributed by atoms with Gasteiger partial charge in [-0.25, -0.2) is 0 Å². The van der Waals surface area contributed by atoms with Crippen LogP contribution in [0.3, 0.4) is 0 Å². The van der Waals surface area contributed by atoms with Gasteiger partial charge in [0.05, 0.1) is 0 Å². The summed E-state index contributed by atoms with van der Waals surface area (Å²) in [4.78, 5) is 10.8. The summed E-state index contributed by atoms with van der Waals surface area (Å²) < 4.78 is 70.0. The fourth-order valence-corrected chi connectivity index (χ4v) is 11.4. The molecule has 0 spiro atoms. The Labute approximate surface area is 245 Å². The molecule has 15 heteroatoms. The van der Waals surface area contributed by atoms with Gasteiger partial charge in [0.25, 0.3) is 0 Å². The fraction of sp³-hybridized carbons (Fsp3) is 0.192. The molecule has 0 aliphatic carbocycles. The number of nitrogens with zero attached hydrogens (tertiary/aromatic N) is 3. The molecule has 4 aromatic rings. The predicted octanol–water partition coefficient (Wildman–Crippen LogP) is 5.56. The molecule has 1 heterocycles. The van der Waals surface area contributed by atoms with Gasteiger partial charge in [0.1, 0.15) is 0 Å². The molecule has 0 aliphatic heterocycles. The van der Waals surface area contributed by atoms with Crippen LogP contribution in [0.2, 0.25) is 0 Å². The van der Waals surface area contributed by atoms with Crippen LogP contribution in [0.4, 0.5) is 11.4 Å². The van der Waals surface area contributed by atoms with Crippen LogP contribution in [-0.4, -0.2) is 40.2 Å². The Kier molecular flexibility index (Phi) is 8.72. The average molecular weight is 716 g/mol. The number of aryl methyl sites for hydroxylation is 3. The van der Waals surface area contributed by atoms with Crippen molar-refractivity contribution in [1.29, 1.82) is 0 Å². The summed E-state index contributed by atoms with van der Waals surface area (Å²) >= 11 is -3.17. The van der Waals surface area contributed by atoms with Crippen LogP contribution in [0.1, 0.15) is 17.0 Å². The third-order valence-electron chi connectivity index (χ3n) is 5.80. The van der Waals surface area contributed by atoms with E-state index in [4.69, 9.17) is 11.8 Å². The van der Waals surface area contributed by atoms with Crippen molar-refractivity contribution in [3.05, 3.63) is 101 Å². The van der Waals surface area contributed by atoms with Crippen molar-refractivity contribution in [2.45, 2.75) is 25.7 Å². The summed E-state index contributed by atoms with van der Waals surface area (Å²) in [6, 6.07) is 16.3. The van der Waals surface area contributed by atoms with Crippen molar-refractivity contribution >= 4 is 51.8 Å². The molecule has 0 amide bonds. The number of rotatable bonds is 10. The third-order valence-corrected chi connectivity index (χ3v) is 15.0. The Bertz CT molecular complexity index is 1790. The van der Waals surface area contributed by atoms with Gasteiger partial charge in [-0.1, -0.05) is 0 Å². The molecule has 41 heavy (non-hydrogen) atoms. The first kappa shape index (κ1) is 30.4.